The molecule has 2 aromatic carbocycles. The summed E-state index contributed by atoms with van der Waals surface area (Å²) in [5, 5.41) is 21.2. The van der Waals surface area contributed by atoms with Crippen LogP contribution in [-0.2, 0) is 0 Å². The van der Waals surface area contributed by atoms with Gasteiger partial charge in [-0.1, -0.05) is 29.3 Å². The predicted molar refractivity (Wildman–Crippen MR) is 108 cm³/mol. The van der Waals surface area contributed by atoms with Gasteiger partial charge in [-0.25, -0.2) is 0 Å². The first-order chi connectivity index (χ1) is 13.4. The van der Waals surface area contributed by atoms with Crippen molar-refractivity contribution in [2.24, 2.45) is 0 Å². The number of amides is 1. The maximum absolute atomic E-state index is 12.9. The van der Waals surface area contributed by atoms with Gasteiger partial charge in [0.25, 0.3) is 5.91 Å². The number of nitrogens with one attached hydrogen (secondary N) is 1. The number of aryl methyl sites for hydroxylation is 2. The summed E-state index contributed by atoms with van der Waals surface area (Å²) in [6, 6.07) is 15.2. The lowest BCUT2D eigenvalue weighted by atomic mass is 10.0. The third-order valence-electron chi connectivity index (χ3n) is 4.28. The van der Waals surface area contributed by atoms with Gasteiger partial charge in [-0.2, -0.15) is 15.5 Å². The minimum Gasteiger partial charge on any atom is -0.339 e. The van der Waals surface area contributed by atoms with Crippen molar-refractivity contribution < 1.29 is 4.79 Å². The standard InChI is InChI=1S/C21H16Cl2N4O/c1-12-9-15(4-5-16(12)11-24)21(28)25-20(19-8-3-13(2)26-27-19)14-6-7-17(22)18(23)10-14/h3-10,20H,1-2H3,(H,25,28)/t20-/m0/s1. The number of benzene rings is 2. The molecule has 1 amide bonds. The molecule has 7 heteroatoms. The van der Waals surface area contributed by atoms with Crippen LogP contribution < -0.4 is 5.32 Å². The molecule has 0 aliphatic carbocycles. The van der Waals surface area contributed by atoms with Crippen LogP contribution in [0.15, 0.2) is 48.5 Å². The smallest absolute Gasteiger partial charge is 0.252 e. The molecule has 0 aliphatic rings. The number of nitriles is 1. The monoisotopic (exact) mass is 410 g/mol. The topological polar surface area (TPSA) is 78.7 Å². The van der Waals surface area contributed by atoms with E-state index in [0.717, 1.165) is 16.8 Å². The molecule has 3 rings (SSSR count). The molecule has 0 bridgehead atoms. The Kier molecular flexibility index (Phi) is 5.93. The fourth-order valence-corrected chi connectivity index (χ4v) is 3.03. The number of nitrogens with zero attached hydrogens (tertiary/aromatic N) is 3. The van der Waals surface area contributed by atoms with Gasteiger partial charge in [0.15, 0.2) is 0 Å². The zero-order valence-corrected chi connectivity index (χ0v) is 16.7. The van der Waals surface area contributed by atoms with E-state index >= 15 is 0 Å². The maximum atomic E-state index is 12.9. The average molecular weight is 411 g/mol. The Morgan fingerprint density at radius 1 is 1.04 bits per heavy atom. The van der Waals surface area contributed by atoms with E-state index < -0.39 is 6.04 Å². The Labute approximate surface area is 172 Å². The van der Waals surface area contributed by atoms with Crippen molar-refractivity contribution in [3.05, 3.63) is 92.2 Å². The minimum atomic E-state index is -0.564. The molecule has 0 radical (unpaired) electrons. The summed E-state index contributed by atoms with van der Waals surface area (Å²) in [6.07, 6.45) is 0. The van der Waals surface area contributed by atoms with Crippen molar-refractivity contribution in [3.63, 3.8) is 0 Å². The lowest BCUT2D eigenvalue weighted by Gasteiger charge is -2.19. The molecule has 1 N–H and O–H groups in total. The molecule has 5 nitrogen and oxygen atoms in total. The van der Waals surface area contributed by atoms with Gasteiger partial charge < -0.3 is 5.32 Å². The fourth-order valence-electron chi connectivity index (χ4n) is 2.73. The second kappa shape index (κ2) is 8.39. The molecule has 1 atom stereocenters. The van der Waals surface area contributed by atoms with Gasteiger partial charge in [-0.05, 0) is 67.4 Å². The van der Waals surface area contributed by atoms with Gasteiger partial charge >= 0.3 is 0 Å². The van der Waals surface area contributed by atoms with Crippen LogP contribution in [0.25, 0.3) is 0 Å². The normalized spacial score (nSPS) is 11.5. The van der Waals surface area contributed by atoms with Gasteiger partial charge in [0.05, 0.1) is 39.1 Å². The zero-order valence-electron chi connectivity index (χ0n) is 15.2. The molecule has 140 valence electrons. The van der Waals surface area contributed by atoms with E-state index in [-0.39, 0.29) is 5.91 Å². The fraction of sp³-hybridized carbons (Fsp3) is 0.143. The van der Waals surface area contributed by atoms with E-state index in [2.05, 4.69) is 21.6 Å². The van der Waals surface area contributed by atoms with Gasteiger partial charge in [0.1, 0.15) is 0 Å². The number of carbonyl (C=O) groups excluding carboxylic acids is 1. The van der Waals surface area contributed by atoms with Crippen molar-refractivity contribution >= 4 is 29.1 Å². The molecule has 1 aromatic heterocycles. The Balaban J connectivity index is 1.98. The molecule has 3 aromatic rings. The number of aromatic nitrogens is 2. The van der Waals surface area contributed by atoms with Crippen LogP contribution in [0.1, 0.15) is 44.5 Å². The summed E-state index contributed by atoms with van der Waals surface area (Å²) in [6.45, 7) is 3.63. The van der Waals surface area contributed by atoms with E-state index in [0.29, 0.717) is 26.9 Å². The van der Waals surface area contributed by atoms with Gasteiger partial charge in [0, 0.05) is 5.56 Å². The van der Waals surface area contributed by atoms with E-state index in [1.54, 1.807) is 49.4 Å². The highest BCUT2D eigenvalue weighted by atomic mass is 35.5. The number of rotatable bonds is 4. The highest BCUT2D eigenvalue weighted by molar-refractivity contribution is 6.42. The molecular weight excluding hydrogens is 395 g/mol. The van der Waals surface area contributed by atoms with Gasteiger partial charge in [0.2, 0.25) is 0 Å². The van der Waals surface area contributed by atoms with Crippen molar-refractivity contribution in [2.45, 2.75) is 19.9 Å². The molecule has 0 aliphatic heterocycles. The van der Waals surface area contributed by atoms with E-state index in [1.807, 2.05) is 13.0 Å². The Bertz CT molecular complexity index is 1070. The predicted octanol–water partition coefficient (Wildman–Crippen LogP) is 4.79. The van der Waals surface area contributed by atoms with Crippen LogP contribution in [0.2, 0.25) is 10.0 Å². The molecule has 28 heavy (non-hydrogen) atoms. The Hall–Kier alpha value is -2.94. The molecule has 0 saturated carbocycles. The first-order valence-corrected chi connectivity index (χ1v) is 9.21. The second-order valence-corrected chi connectivity index (χ2v) is 7.14. The molecule has 0 unspecified atom stereocenters. The van der Waals surface area contributed by atoms with Crippen LogP contribution in [-0.4, -0.2) is 16.1 Å². The van der Waals surface area contributed by atoms with E-state index in [4.69, 9.17) is 28.5 Å². The van der Waals surface area contributed by atoms with Crippen molar-refractivity contribution in [1.82, 2.24) is 15.5 Å². The van der Waals surface area contributed by atoms with E-state index in [9.17, 15) is 4.79 Å². The first-order valence-electron chi connectivity index (χ1n) is 8.46. The van der Waals surface area contributed by atoms with Crippen LogP contribution in [0.3, 0.4) is 0 Å². The third kappa shape index (κ3) is 4.30. The first kappa shape index (κ1) is 19.8. The van der Waals surface area contributed by atoms with Crippen molar-refractivity contribution in [3.8, 4) is 6.07 Å². The van der Waals surface area contributed by atoms with Crippen LogP contribution in [0.4, 0.5) is 0 Å². The molecule has 0 saturated heterocycles. The Morgan fingerprint density at radius 2 is 1.82 bits per heavy atom. The lowest BCUT2D eigenvalue weighted by Crippen LogP contribution is -2.30. The zero-order chi connectivity index (χ0) is 20.3. The summed E-state index contributed by atoms with van der Waals surface area (Å²) >= 11 is 12.2. The Morgan fingerprint density at radius 3 is 2.43 bits per heavy atom. The van der Waals surface area contributed by atoms with Gasteiger partial charge in [-0.15, -0.1) is 0 Å². The molecule has 0 fully saturated rings. The van der Waals surface area contributed by atoms with E-state index in [1.165, 1.54) is 0 Å². The molecular formula is C21H16Cl2N4O. The number of halogens is 2. The SMILES string of the molecule is Cc1ccc([C@@H](NC(=O)c2ccc(C#N)c(C)c2)c2ccc(Cl)c(Cl)c2)nn1. The highest BCUT2D eigenvalue weighted by Gasteiger charge is 2.21. The summed E-state index contributed by atoms with van der Waals surface area (Å²) < 4.78 is 0. The minimum absolute atomic E-state index is 0.300. The van der Waals surface area contributed by atoms with Crippen molar-refractivity contribution in [2.75, 3.05) is 0 Å². The summed E-state index contributed by atoms with van der Waals surface area (Å²) in [7, 11) is 0. The third-order valence-corrected chi connectivity index (χ3v) is 5.01. The quantitative estimate of drug-likeness (QED) is 0.670. The average Bonchev–Trinajstić information content (AvgIpc) is 2.69. The number of hydrogen-bond donors (Lipinski definition) is 1. The maximum Gasteiger partial charge on any atom is 0.252 e. The number of hydrogen-bond acceptors (Lipinski definition) is 4. The molecule has 0 spiro atoms. The van der Waals surface area contributed by atoms with Crippen LogP contribution in [0, 0.1) is 25.2 Å². The summed E-state index contributed by atoms with van der Waals surface area (Å²) in [5.41, 5.74) is 3.78. The number of carbonyl (C=O) groups is 1. The van der Waals surface area contributed by atoms with Crippen LogP contribution in [0.5, 0.6) is 0 Å². The highest BCUT2D eigenvalue weighted by Crippen LogP contribution is 2.28. The largest absolute Gasteiger partial charge is 0.339 e. The molecule has 1 heterocycles. The van der Waals surface area contributed by atoms with Crippen molar-refractivity contribution in [1.29, 1.82) is 5.26 Å². The lowest BCUT2D eigenvalue weighted by molar-refractivity contribution is 0.0942. The second-order valence-electron chi connectivity index (χ2n) is 6.32. The van der Waals surface area contributed by atoms with Crippen LogP contribution >= 0.6 is 23.2 Å². The van der Waals surface area contributed by atoms with Gasteiger partial charge in [-0.3, -0.25) is 4.79 Å². The summed E-state index contributed by atoms with van der Waals surface area (Å²) in [4.78, 5) is 12.9. The summed E-state index contributed by atoms with van der Waals surface area (Å²) in [5.74, 6) is -0.300.